The minimum absolute atomic E-state index is 0.299. The highest BCUT2D eigenvalue weighted by atomic mass is 19.2. The fourth-order valence-corrected chi connectivity index (χ4v) is 2.64. The topological polar surface area (TPSA) is 45.2 Å². The second-order valence-corrected chi connectivity index (χ2v) is 5.43. The number of H-pyrrole nitrogens is 1. The average molecular weight is 328 g/mol. The zero-order valence-corrected chi connectivity index (χ0v) is 13.5. The highest BCUT2D eigenvalue weighted by Gasteiger charge is 2.33. The van der Waals surface area contributed by atoms with Gasteiger partial charge >= 0.3 is 7.27 Å². The van der Waals surface area contributed by atoms with Crippen molar-refractivity contribution in [3.63, 3.8) is 0 Å². The molecule has 1 aliphatic heterocycles. The summed E-state index contributed by atoms with van der Waals surface area (Å²) in [7, 11) is -2.58. The fourth-order valence-electron chi connectivity index (χ4n) is 2.64. The average Bonchev–Trinajstić information content (AvgIpc) is 3.21. The molecule has 0 aliphatic carbocycles. The number of aliphatic imine (C=N–C) groups is 1. The summed E-state index contributed by atoms with van der Waals surface area (Å²) < 4.78 is 27.3. The predicted octanol–water partition coefficient (Wildman–Crippen LogP) is 4.65. The van der Waals surface area contributed by atoms with Crippen molar-refractivity contribution >= 4 is 24.8 Å². The van der Waals surface area contributed by atoms with E-state index in [2.05, 4.69) is 16.6 Å². The zero-order chi connectivity index (χ0) is 17.5. The van der Waals surface area contributed by atoms with Crippen LogP contribution in [-0.4, -0.2) is 24.2 Å². The highest BCUT2D eigenvalue weighted by molar-refractivity contribution is 6.49. The van der Waals surface area contributed by atoms with Crippen LogP contribution in [0.25, 0.3) is 5.57 Å². The number of aldehydes is 1. The molecule has 0 bridgehead atoms. The van der Waals surface area contributed by atoms with Crippen molar-refractivity contribution in [2.24, 2.45) is 4.99 Å². The third-order valence-corrected chi connectivity index (χ3v) is 3.78. The lowest BCUT2D eigenvalue weighted by molar-refractivity contribution is -0.107. The van der Waals surface area contributed by atoms with E-state index >= 15 is 0 Å². The van der Waals surface area contributed by atoms with Crippen molar-refractivity contribution in [1.82, 2.24) is 4.98 Å². The van der Waals surface area contributed by atoms with Gasteiger partial charge in [0.1, 0.15) is 6.29 Å². The molecule has 24 heavy (non-hydrogen) atoms. The van der Waals surface area contributed by atoms with Gasteiger partial charge in [-0.3, -0.25) is 13.6 Å². The minimum atomic E-state index is -2.58. The van der Waals surface area contributed by atoms with Gasteiger partial charge in [0, 0.05) is 24.0 Å². The van der Waals surface area contributed by atoms with Gasteiger partial charge < -0.3 is 9.78 Å². The smallest absolute Gasteiger partial charge is 0.361 e. The number of nitrogens with zero attached hydrogens (tertiary/aromatic N) is 1. The Labute approximate surface area is 140 Å². The van der Waals surface area contributed by atoms with Crippen molar-refractivity contribution in [2.75, 3.05) is 0 Å². The summed E-state index contributed by atoms with van der Waals surface area (Å²) >= 11 is 0. The number of aromatic amines is 1. The Hall–Kier alpha value is -2.50. The molecule has 0 saturated carbocycles. The van der Waals surface area contributed by atoms with Crippen LogP contribution in [0, 0.1) is 0 Å². The molecule has 1 aliphatic rings. The van der Waals surface area contributed by atoms with E-state index in [9.17, 15) is 13.4 Å². The van der Waals surface area contributed by atoms with Crippen LogP contribution in [0.15, 0.2) is 65.5 Å². The van der Waals surface area contributed by atoms with Crippen LogP contribution in [0.4, 0.5) is 8.63 Å². The Morgan fingerprint density at radius 2 is 2.25 bits per heavy atom. The summed E-state index contributed by atoms with van der Waals surface area (Å²) in [5.74, 6) is -1.11. The summed E-state index contributed by atoms with van der Waals surface area (Å²) in [5.41, 5.74) is 2.80. The van der Waals surface area contributed by atoms with Crippen LogP contribution in [0.1, 0.15) is 25.5 Å². The molecule has 1 N–H and O–H groups in total. The summed E-state index contributed by atoms with van der Waals surface area (Å²) in [4.78, 5) is 17.7. The molecule has 3 nitrogen and oxygen atoms in total. The Kier molecular flexibility index (Phi) is 6.24. The van der Waals surface area contributed by atoms with Crippen LogP contribution >= 0.6 is 0 Å². The zero-order valence-electron chi connectivity index (χ0n) is 13.5. The van der Waals surface area contributed by atoms with E-state index in [-0.39, 0.29) is 0 Å². The summed E-state index contributed by atoms with van der Waals surface area (Å²) in [6.07, 6.45) is 10.3. The maximum Gasteiger partial charge on any atom is 0.549 e. The van der Waals surface area contributed by atoms with Crippen LogP contribution in [0.2, 0.25) is 5.82 Å². The van der Waals surface area contributed by atoms with E-state index in [0.29, 0.717) is 35.4 Å². The molecule has 2 heterocycles. The number of nitrogens with one attached hydrogen (secondary N) is 1. The third-order valence-electron chi connectivity index (χ3n) is 3.78. The standard InChI is InChI=1S/C18H19BF2N2O/c1-3-16(17-7-4-10-22-17)18(19(20)21)13(2)12-15-9-8-14(23-15)6-5-11-24/h3-4,7-12,18,22H,2,5-6H2,1H3/b15-12-,16-3-. The van der Waals surface area contributed by atoms with Gasteiger partial charge in [0.2, 0.25) is 0 Å². The number of carbonyl (C=O) groups is 1. The van der Waals surface area contributed by atoms with Gasteiger partial charge in [0.25, 0.3) is 0 Å². The molecule has 0 fully saturated rings. The lowest BCUT2D eigenvalue weighted by atomic mass is 9.67. The van der Waals surface area contributed by atoms with E-state index < -0.39 is 13.1 Å². The van der Waals surface area contributed by atoms with Gasteiger partial charge in [-0.05, 0) is 54.9 Å². The first-order valence-corrected chi connectivity index (χ1v) is 7.74. The molecule has 1 unspecified atom stereocenters. The maximum absolute atomic E-state index is 13.7. The summed E-state index contributed by atoms with van der Waals surface area (Å²) in [6.45, 7) is 5.57. The second-order valence-electron chi connectivity index (χ2n) is 5.43. The largest absolute Gasteiger partial charge is 0.549 e. The Morgan fingerprint density at radius 1 is 1.46 bits per heavy atom. The van der Waals surface area contributed by atoms with Gasteiger partial charge in [-0.1, -0.05) is 12.7 Å². The first-order chi connectivity index (χ1) is 11.6. The lowest BCUT2D eigenvalue weighted by Crippen LogP contribution is -2.13. The van der Waals surface area contributed by atoms with E-state index in [0.717, 1.165) is 12.0 Å². The molecular formula is C18H19BF2N2O. The van der Waals surface area contributed by atoms with E-state index in [1.54, 1.807) is 49.6 Å². The predicted molar refractivity (Wildman–Crippen MR) is 95.3 cm³/mol. The van der Waals surface area contributed by atoms with Crippen molar-refractivity contribution in [3.8, 4) is 0 Å². The molecule has 6 heteroatoms. The third kappa shape index (κ3) is 4.28. The molecule has 0 spiro atoms. The quantitative estimate of drug-likeness (QED) is 0.548. The molecule has 0 amide bonds. The van der Waals surface area contributed by atoms with E-state index in [1.807, 2.05) is 0 Å². The van der Waals surface area contributed by atoms with Crippen molar-refractivity contribution in [1.29, 1.82) is 0 Å². The van der Waals surface area contributed by atoms with Crippen molar-refractivity contribution in [2.45, 2.75) is 25.6 Å². The van der Waals surface area contributed by atoms with Crippen LogP contribution in [-0.2, 0) is 4.79 Å². The molecule has 0 radical (unpaired) electrons. The number of rotatable bonds is 8. The monoisotopic (exact) mass is 328 g/mol. The molecule has 1 atom stereocenters. The number of allylic oxidation sites excluding steroid dienone is 6. The molecule has 0 saturated heterocycles. The maximum atomic E-state index is 13.7. The van der Waals surface area contributed by atoms with E-state index in [4.69, 9.17) is 0 Å². The Morgan fingerprint density at radius 3 is 2.83 bits per heavy atom. The minimum Gasteiger partial charge on any atom is -0.361 e. The highest BCUT2D eigenvalue weighted by Crippen LogP contribution is 2.37. The number of hydrogen-bond donors (Lipinski definition) is 1. The van der Waals surface area contributed by atoms with Gasteiger partial charge in [-0.25, -0.2) is 0 Å². The molecule has 2 rings (SSSR count). The van der Waals surface area contributed by atoms with Gasteiger partial charge in [-0.2, -0.15) is 0 Å². The normalized spacial score (nSPS) is 17.0. The fraction of sp³-hybridized carbons (Fsp3) is 0.222. The van der Waals surface area contributed by atoms with Crippen LogP contribution in [0.3, 0.4) is 0 Å². The van der Waals surface area contributed by atoms with Crippen LogP contribution in [0.5, 0.6) is 0 Å². The first-order valence-electron chi connectivity index (χ1n) is 7.74. The van der Waals surface area contributed by atoms with Gasteiger partial charge in [0.15, 0.2) is 0 Å². The summed E-state index contributed by atoms with van der Waals surface area (Å²) in [5, 5.41) is 0. The number of halogens is 2. The molecule has 0 aromatic carbocycles. The first kappa shape index (κ1) is 17.9. The Balaban J connectivity index is 2.22. The summed E-state index contributed by atoms with van der Waals surface area (Å²) in [6, 6.07) is 3.53. The van der Waals surface area contributed by atoms with E-state index in [1.165, 1.54) is 0 Å². The lowest BCUT2D eigenvalue weighted by Gasteiger charge is -2.18. The van der Waals surface area contributed by atoms with Crippen LogP contribution < -0.4 is 0 Å². The van der Waals surface area contributed by atoms with Crippen molar-refractivity contribution < 1.29 is 13.4 Å². The number of hydrogen-bond acceptors (Lipinski definition) is 2. The van der Waals surface area contributed by atoms with Gasteiger partial charge in [0.05, 0.1) is 11.5 Å². The SMILES string of the molecule is C=C(/C=C1/C=CC(CCC=O)=N1)C(B(F)F)/C(=C\C)c1ccc[nH]1. The molecule has 1 aromatic heterocycles. The molecule has 1 aromatic rings. The number of carbonyl (C=O) groups excluding carboxylic acids is 1. The Bertz CT molecular complexity index is 715. The molecular weight excluding hydrogens is 309 g/mol. The van der Waals surface area contributed by atoms with Crippen molar-refractivity contribution in [3.05, 3.63) is 66.2 Å². The second kappa shape index (κ2) is 8.38. The molecule has 124 valence electrons. The number of aromatic nitrogens is 1. The van der Waals surface area contributed by atoms with Gasteiger partial charge in [-0.15, -0.1) is 0 Å².